The van der Waals surface area contributed by atoms with Crippen molar-refractivity contribution < 1.29 is 18.7 Å². The maximum absolute atomic E-state index is 13.0. The lowest BCUT2D eigenvalue weighted by atomic mass is 9.97. The van der Waals surface area contributed by atoms with Crippen LogP contribution in [0.15, 0.2) is 48.5 Å². The van der Waals surface area contributed by atoms with E-state index in [9.17, 15) is 14.0 Å². The SMILES string of the molecule is O=C(NC1CC1)c1ccccc1OCC1CCN(C(=O)c2ccc(F)cc2)CC1. The van der Waals surface area contributed by atoms with Gasteiger partial charge in [-0.3, -0.25) is 9.59 Å². The Balaban J connectivity index is 1.29. The van der Waals surface area contributed by atoms with E-state index in [0.717, 1.165) is 25.7 Å². The Morgan fingerprint density at radius 1 is 1.00 bits per heavy atom. The summed E-state index contributed by atoms with van der Waals surface area (Å²) in [7, 11) is 0. The van der Waals surface area contributed by atoms with Crippen LogP contribution in [0.5, 0.6) is 5.75 Å². The van der Waals surface area contributed by atoms with E-state index in [4.69, 9.17) is 4.74 Å². The van der Waals surface area contributed by atoms with E-state index >= 15 is 0 Å². The van der Waals surface area contributed by atoms with Crippen LogP contribution in [-0.2, 0) is 0 Å². The van der Waals surface area contributed by atoms with Crippen LogP contribution in [-0.4, -0.2) is 42.5 Å². The number of halogens is 1. The summed E-state index contributed by atoms with van der Waals surface area (Å²) >= 11 is 0. The molecule has 1 saturated carbocycles. The van der Waals surface area contributed by atoms with E-state index in [0.29, 0.717) is 48.5 Å². The Bertz CT molecular complexity index is 872. The first-order valence-electron chi connectivity index (χ1n) is 10.2. The third-order valence-electron chi connectivity index (χ3n) is 5.51. The second-order valence-electron chi connectivity index (χ2n) is 7.80. The molecule has 0 atom stereocenters. The first kappa shape index (κ1) is 19.4. The largest absolute Gasteiger partial charge is 0.492 e. The highest BCUT2D eigenvalue weighted by molar-refractivity contribution is 5.97. The zero-order chi connectivity index (χ0) is 20.2. The first-order valence-corrected chi connectivity index (χ1v) is 10.2. The number of rotatable bonds is 6. The molecule has 1 aliphatic carbocycles. The van der Waals surface area contributed by atoms with Crippen LogP contribution in [0.3, 0.4) is 0 Å². The fourth-order valence-corrected chi connectivity index (χ4v) is 3.56. The highest BCUT2D eigenvalue weighted by Crippen LogP contribution is 2.25. The fourth-order valence-electron chi connectivity index (χ4n) is 3.56. The van der Waals surface area contributed by atoms with Gasteiger partial charge in [-0.05, 0) is 68.0 Å². The third kappa shape index (κ3) is 4.94. The topological polar surface area (TPSA) is 58.6 Å². The molecule has 2 aromatic carbocycles. The molecular formula is C23H25FN2O3. The number of hydrogen-bond donors (Lipinski definition) is 1. The number of para-hydroxylation sites is 1. The van der Waals surface area contributed by atoms with E-state index in [2.05, 4.69) is 5.32 Å². The van der Waals surface area contributed by atoms with E-state index < -0.39 is 0 Å². The molecule has 152 valence electrons. The lowest BCUT2D eigenvalue weighted by Gasteiger charge is -2.32. The Kier molecular flexibility index (Phi) is 5.79. The minimum absolute atomic E-state index is 0.0635. The van der Waals surface area contributed by atoms with Crippen molar-refractivity contribution in [3.8, 4) is 5.75 Å². The number of nitrogens with zero attached hydrogens (tertiary/aromatic N) is 1. The van der Waals surface area contributed by atoms with Crippen LogP contribution < -0.4 is 10.1 Å². The standard InChI is InChI=1S/C23H25FN2O3/c24-18-7-5-17(6-8-18)23(28)26-13-11-16(12-14-26)15-29-21-4-2-1-3-20(21)22(27)25-19-9-10-19/h1-8,16,19H,9-15H2,(H,25,27). The molecule has 2 aromatic rings. The van der Waals surface area contributed by atoms with Gasteiger partial charge in [0.1, 0.15) is 11.6 Å². The van der Waals surface area contributed by atoms with Crippen LogP contribution in [0.2, 0.25) is 0 Å². The van der Waals surface area contributed by atoms with Gasteiger partial charge in [-0.1, -0.05) is 12.1 Å². The molecular weight excluding hydrogens is 371 g/mol. The molecule has 5 nitrogen and oxygen atoms in total. The number of carbonyl (C=O) groups is 2. The van der Waals surface area contributed by atoms with E-state index in [1.165, 1.54) is 24.3 Å². The monoisotopic (exact) mass is 396 g/mol. The molecule has 0 spiro atoms. The summed E-state index contributed by atoms with van der Waals surface area (Å²) in [6.07, 6.45) is 3.76. The Labute approximate surface area is 169 Å². The van der Waals surface area contributed by atoms with Crippen LogP contribution in [0, 0.1) is 11.7 Å². The lowest BCUT2D eigenvalue weighted by Crippen LogP contribution is -2.39. The van der Waals surface area contributed by atoms with Gasteiger partial charge in [-0.15, -0.1) is 0 Å². The van der Waals surface area contributed by atoms with Gasteiger partial charge in [-0.25, -0.2) is 4.39 Å². The summed E-state index contributed by atoms with van der Waals surface area (Å²) in [5.74, 6) is 0.445. The van der Waals surface area contributed by atoms with Crippen LogP contribution in [0.1, 0.15) is 46.4 Å². The molecule has 2 aliphatic rings. The second kappa shape index (κ2) is 8.64. The third-order valence-corrected chi connectivity index (χ3v) is 5.51. The van der Waals surface area contributed by atoms with Crippen molar-refractivity contribution in [1.29, 1.82) is 0 Å². The van der Waals surface area contributed by atoms with Gasteiger partial charge in [0.05, 0.1) is 12.2 Å². The number of carbonyl (C=O) groups excluding carboxylic acids is 2. The van der Waals surface area contributed by atoms with Gasteiger partial charge >= 0.3 is 0 Å². The molecule has 2 fully saturated rings. The predicted molar refractivity (Wildman–Crippen MR) is 107 cm³/mol. The van der Waals surface area contributed by atoms with Gasteiger partial charge in [0, 0.05) is 24.7 Å². The molecule has 2 amide bonds. The number of amides is 2. The molecule has 1 aliphatic heterocycles. The summed E-state index contributed by atoms with van der Waals surface area (Å²) in [5.41, 5.74) is 1.08. The van der Waals surface area contributed by atoms with Gasteiger partial charge in [0.2, 0.25) is 0 Å². The molecule has 6 heteroatoms. The Morgan fingerprint density at radius 3 is 2.38 bits per heavy atom. The quantitative estimate of drug-likeness (QED) is 0.811. The zero-order valence-corrected chi connectivity index (χ0v) is 16.3. The molecule has 0 unspecified atom stereocenters. The van der Waals surface area contributed by atoms with Crippen molar-refractivity contribution in [3.05, 3.63) is 65.5 Å². The van der Waals surface area contributed by atoms with Gasteiger partial charge < -0.3 is 15.0 Å². The molecule has 0 bridgehead atoms. The lowest BCUT2D eigenvalue weighted by molar-refractivity contribution is 0.0659. The van der Waals surface area contributed by atoms with E-state index in [1.54, 1.807) is 11.0 Å². The van der Waals surface area contributed by atoms with E-state index in [1.807, 2.05) is 18.2 Å². The summed E-state index contributed by atoms with van der Waals surface area (Å²) in [5, 5.41) is 3.00. The Hall–Kier alpha value is -2.89. The number of piperidine rings is 1. The highest BCUT2D eigenvalue weighted by atomic mass is 19.1. The molecule has 0 aromatic heterocycles. The van der Waals surface area contributed by atoms with E-state index in [-0.39, 0.29) is 17.6 Å². The zero-order valence-electron chi connectivity index (χ0n) is 16.3. The maximum Gasteiger partial charge on any atom is 0.255 e. The molecule has 0 radical (unpaired) electrons. The number of likely N-dealkylation sites (tertiary alicyclic amines) is 1. The van der Waals surface area contributed by atoms with Gasteiger partial charge in [-0.2, -0.15) is 0 Å². The van der Waals surface area contributed by atoms with Gasteiger partial charge in [0.15, 0.2) is 0 Å². The summed E-state index contributed by atoms with van der Waals surface area (Å²) in [6.45, 7) is 1.81. The molecule has 1 N–H and O–H groups in total. The summed E-state index contributed by atoms with van der Waals surface area (Å²) < 4.78 is 19.0. The summed E-state index contributed by atoms with van der Waals surface area (Å²) in [4.78, 5) is 26.7. The smallest absolute Gasteiger partial charge is 0.255 e. The van der Waals surface area contributed by atoms with Gasteiger partial charge in [0.25, 0.3) is 11.8 Å². The van der Waals surface area contributed by atoms with Crippen molar-refractivity contribution in [1.82, 2.24) is 10.2 Å². The van der Waals surface area contributed by atoms with Crippen LogP contribution in [0.4, 0.5) is 4.39 Å². The molecule has 29 heavy (non-hydrogen) atoms. The maximum atomic E-state index is 13.0. The predicted octanol–water partition coefficient (Wildman–Crippen LogP) is 3.65. The van der Waals surface area contributed by atoms with Crippen LogP contribution in [0.25, 0.3) is 0 Å². The van der Waals surface area contributed by atoms with Crippen molar-refractivity contribution in [2.24, 2.45) is 5.92 Å². The number of nitrogens with one attached hydrogen (secondary N) is 1. The minimum atomic E-state index is -0.344. The summed E-state index contributed by atoms with van der Waals surface area (Å²) in [6, 6.07) is 13.3. The normalized spacial score (nSPS) is 17.1. The van der Waals surface area contributed by atoms with Crippen molar-refractivity contribution >= 4 is 11.8 Å². The van der Waals surface area contributed by atoms with Crippen molar-refractivity contribution in [2.45, 2.75) is 31.7 Å². The van der Waals surface area contributed by atoms with Crippen molar-refractivity contribution in [3.63, 3.8) is 0 Å². The number of hydrogen-bond acceptors (Lipinski definition) is 3. The highest BCUT2D eigenvalue weighted by Gasteiger charge is 2.26. The molecule has 4 rings (SSSR count). The molecule has 1 heterocycles. The minimum Gasteiger partial charge on any atom is -0.492 e. The first-order chi connectivity index (χ1) is 14.1. The van der Waals surface area contributed by atoms with Crippen molar-refractivity contribution in [2.75, 3.05) is 19.7 Å². The average molecular weight is 396 g/mol. The number of ether oxygens (including phenoxy) is 1. The van der Waals surface area contributed by atoms with Crippen LogP contribution >= 0.6 is 0 Å². The molecule has 1 saturated heterocycles. The fraction of sp³-hybridized carbons (Fsp3) is 0.391. The second-order valence-corrected chi connectivity index (χ2v) is 7.80. The average Bonchev–Trinajstić information content (AvgIpc) is 3.57. The Morgan fingerprint density at radius 2 is 1.69 bits per heavy atom. The number of benzene rings is 2.